The van der Waals surface area contributed by atoms with Crippen LogP contribution in [0.2, 0.25) is 0 Å². The molecule has 3 N–H and O–H groups in total. The number of rotatable bonds is 1. The molecule has 3 heteroatoms. The van der Waals surface area contributed by atoms with Crippen molar-refractivity contribution in [1.82, 2.24) is 0 Å². The molecule has 76 valence electrons. The molecule has 2 aromatic carbocycles. The molecule has 0 spiro atoms. The van der Waals surface area contributed by atoms with E-state index in [0.29, 0.717) is 5.69 Å². The lowest BCUT2D eigenvalue weighted by Gasteiger charge is -2.06. The molecule has 0 aromatic heterocycles. The number of nitrogens with two attached hydrogens (primary N) is 1. The summed E-state index contributed by atoms with van der Waals surface area (Å²) in [7, 11) is 0. The molecule has 15 heavy (non-hydrogen) atoms. The summed E-state index contributed by atoms with van der Waals surface area (Å²) in [5, 5.41) is 9.32. The van der Waals surface area contributed by atoms with Gasteiger partial charge >= 0.3 is 0 Å². The maximum absolute atomic E-state index is 9.32. The van der Waals surface area contributed by atoms with Crippen molar-refractivity contribution in [3.05, 3.63) is 46.9 Å². The van der Waals surface area contributed by atoms with E-state index < -0.39 is 0 Å². The van der Waals surface area contributed by atoms with Crippen LogP contribution in [0, 0.1) is 0 Å². The zero-order valence-corrected chi connectivity index (χ0v) is 9.53. The van der Waals surface area contributed by atoms with Crippen LogP contribution in [0.5, 0.6) is 5.75 Å². The zero-order valence-electron chi connectivity index (χ0n) is 7.94. The zero-order chi connectivity index (χ0) is 10.8. The van der Waals surface area contributed by atoms with Gasteiger partial charge in [0.1, 0.15) is 5.75 Å². The molecule has 0 atom stereocenters. The van der Waals surface area contributed by atoms with Crippen molar-refractivity contribution >= 4 is 21.6 Å². The molecule has 0 radical (unpaired) electrons. The van der Waals surface area contributed by atoms with Gasteiger partial charge in [-0.2, -0.15) is 0 Å². The molecule has 2 aromatic rings. The summed E-state index contributed by atoms with van der Waals surface area (Å²) in [6, 6.07) is 13.1. The van der Waals surface area contributed by atoms with E-state index in [1.165, 1.54) is 0 Å². The van der Waals surface area contributed by atoms with Crippen LogP contribution in [0.3, 0.4) is 0 Å². The number of hydrogen-bond donors (Lipinski definition) is 2. The first kappa shape index (κ1) is 10.1. The maximum atomic E-state index is 9.32. The van der Waals surface area contributed by atoms with Crippen molar-refractivity contribution in [2.45, 2.75) is 0 Å². The molecule has 0 bridgehead atoms. The number of benzene rings is 2. The Morgan fingerprint density at radius 1 is 1.07 bits per heavy atom. The van der Waals surface area contributed by atoms with E-state index in [0.717, 1.165) is 15.6 Å². The topological polar surface area (TPSA) is 46.2 Å². The smallest absolute Gasteiger partial charge is 0.138 e. The summed E-state index contributed by atoms with van der Waals surface area (Å²) < 4.78 is 1.01. The first-order valence-corrected chi connectivity index (χ1v) is 5.31. The Balaban J connectivity index is 2.55. The lowest BCUT2D eigenvalue weighted by atomic mass is 10.1. The molecule has 2 rings (SSSR count). The summed E-state index contributed by atoms with van der Waals surface area (Å²) in [4.78, 5) is 0. The third kappa shape index (κ3) is 1.97. The van der Waals surface area contributed by atoms with Gasteiger partial charge in [-0.25, -0.2) is 0 Å². The minimum Gasteiger partial charge on any atom is -0.506 e. The Morgan fingerprint density at radius 3 is 2.47 bits per heavy atom. The fourth-order valence-electron chi connectivity index (χ4n) is 1.42. The van der Waals surface area contributed by atoms with E-state index in [1.807, 2.05) is 30.3 Å². The van der Waals surface area contributed by atoms with E-state index in [-0.39, 0.29) is 5.75 Å². The summed E-state index contributed by atoms with van der Waals surface area (Å²) in [6.07, 6.45) is 0. The number of aromatic hydroxyl groups is 1. The molecule has 0 saturated heterocycles. The minimum absolute atomic E-state index is 0.116. The van der Waals surface area contributed by atoms with Crippen LogP contribution in [-0.2, 0) is 0 Å². The van der Waals surface area contributed by atoms with Crippen LogP contribution < -0.4 is 5.73 Å². The van der Waals surface area contributed by atoms with Crippen LogP contribution in [0.4, 0.5) is 5.69 Å². The van der Waals surface area contributed by atoms with E-state index in [9.17, 15) is 5.11 Å². The van der Waals surface area contributed by atoms with E-state index in [1.54, 1.807) is 12.1 Å². The maximum Gasteiger partial charge on any atom is 0.138 e. The Hall–Kier alpha value is -1.48. The van der Waals surface area contributed by atoms with Crippen molar-refractivity contribution < 1.29 is 5.11 Å². The molecule has 0 saturated carbocycles. The second-order valence-electron chi connectivity index (χ2n) is 3.25. The van der Waals surface area contributed by atoms with Crippen LogP contribution in [0.1, 0.15) is 0 Å². The first-order chi connectivity index (χ1) is 7.18. The average Bonchev–Trinajstić information content (AvgIpc) is 2.23. The van der Waals surface area contributed by atoms with Gasteiger partial charge < -0.3 is 10.8 Å². The van der Waals surface area contributed by atoms with Crippen LogP contribution in [-0.4, -0.2) is 5.11 Å². The predicted molar refractivity (Wildman–Crippen MR) is 65.7 cm³/mol. The Morgan fingerprint density at radius 2 is 1.80 bits per heavy atom. The number of anilines is 1. The van der Waals surface area contributed by atoms with E-state index >= 15 is 0 Å². The van der Waals surface area contributed by atoms with Gasteiger partial charge in [-0.05, 0) is 29.3 Å². The number of phenols is 1. The van der Waals surface area contributed by atoms with Gasteiger partial charge in [0.15, 0.2) is 0 Å². The third-order valence-electron chi connectivity index (χ3n) is 2.21. The number of phenolic OH excluding ortho intramolecular Hbond substituents is 1. The van der Waals surface area contributed by atoms with E-state index in [2.05, 4.69) is 15.9 Å². The van der Waals surface area contributed by atoms with Crippen LogP contribution in [0.15, 0.2) is 46.9 Å². The standard InChI is InChI=1S/C12H10BrNO/c13-10-4-2-1-3-9(10)8-5-6-12(15)11(14)7-8/h1-7,15H,14H2. The highest BCUT2D eigenvalue weighted by Crippen LogP contribution is 2.31. The molecule has 0 aliphatic carbocycles. The van der Waals surface area contributed by atoms with Gasteiger partial charge in [-0.15, -0.1) is 0 Å². The normalized spacial score (nSPS) is 10.2. The fourth-order valence-corrected chi connectivity index (χ4v) is 1.93. The average molecular weight is 264 g/mol. The van der Waals surface area contributed by atoms with Gasteiger partial charge in [0.25, 0.3) is 0 Å². The van der Waals surface area contributed by atoms with Crippen molar-refractivity contribution in [2.24, 2.45) is 0 Å². The number of hydrogen-bond acceptors (Lipinski definition) is 2. The molecular weight excluding hydrogens is 254 g/mol. The van der Waals surface area contributed by atoms with Gasteiger partial charge in [-0.3, -0.25) is 0 Å². The van der Waals surface area contributed by atoms with Gasteiger partial charge in [-0.1, -0.05) is 40.2 Å². The highest BCUT2D eigenvalue weighted by atomic mass is 79.9. The summed E-state index contributed by atoms with van der Waals surface area (Å²) in [5.41, 5.74) is 8.08. The van der Waals surface area contributed by atoms with Crippen molar-refractivity contribution in [3.63, 3.8) is 0 Å². The number of nitrogen functional groups attached to an aromatic ring is 1. The monoisotopic (exact) mass is 263 g/mol. The lowest BCUT2D eigenvalue weighted by molar-refractivity contribution is 0.478. The predicted octanol–water partition coefficient (Wildman–Crippen LogP) is 3.40. The molecule has 0 unspecified atom stereocenters. The highest BCUT2D eigenvalue weighted by molar-refractivity contribution is 9.10. The van der Waals surface area contributed by atoms with Gasteiger partial charge in [0.2, 0.25) is 0 Å². The lowest BCUT2D eigenvalue weighted by Crippen LogP contribution is -1.87. The van der Waals surface area contributed by atoms with Crippen molar-refractivity contribution in [3.8, 4) is 16.9 Å². The molecule has 0 aliphatic heterocycles. The SMILES string of the molecule is Nc1cc(-c2ccccc2Br)ccc1O. The van der Waals surface area contributed by atoms with Crippen LogP contribution in [0.25, 0.3) is 11.1 Å². The van der Waals surface area contributed by atoms with Gasteiger partial charge in [0.05, 0.1) is 5.69 Å². The third-order valence-corrected chi connectivity index (χ3v) is 2.90. The molecule has 2 nitrogen and oxygen atoms in total. The summed E-state index contributed by atoms with van der Waals surface area (Å²) >= 11 is 3.47. The quantitative estimate of drug-likeness (QED) is 0.612. The largest absolute Gasteiger partial charge is 0.506 e. The Labute approximate surface area is 96.5 Å². The molecule has 0 amide bonds. The van der Waals surface area contributed by atoms with Gasteiger partial charge in [0, 0.05) is 4.47 Å². The van der Waals surface area contributed by atoms with E-state index in [4.69, 9.17) is 5.73 Å². The number of halogens is 1. The Kier molecular flexibility index (Phi) is 2.64. The minimum atomic E-state index is 0.116. The fraction of sp³-hybridized carbons (Fsp3) is 0. The second kappa shape index (κ2) is 3.95. The highest BCUT2D eigenvalue weighted by Gasteiger charge is 2.04. The molecular formula is C12H10BrNO. The summed E-state index contributed by atoms with van der Waals surface area (Å²) in [5.74, 6) is 0.116. The van der Waals surface area contributed by atoms with Crippen LogP contribution >= 0.6 is 15.9 Å². The Bertz CT molecular complexity index is 497. The second-order valence-corrected chi connectivity index (χ2v) is 4.11. The summed E-state index contributed by atoms with van der Waals surface area (Å²) in [6.45, 7) is 0. The van der Waals surface area contributed by atoms with Crippen molar-refractivity contribution in [2.75, 3.05) is 5.73 Å². The molecule has 0 aliphatic rings. The molecule has 0 heterocycles. The first-order valence-electron chi connectivity index (χ1n) is 4.52. The molecule has 0 fully saturated rings. The van der Waals surface area contributed by atoms with Crippen molar-refractivity contribution in [1.29, 1.82) is 0 Å².